The number of ether oxygens (including phenoxy) is 1. The van der Waals surface area contributed by atoms with Crippen molar-refractivity contribution in [3.8, 4) is 11.1 Å². The predicted octanol–water partition coefficient (Wildman–Crippen LogP) is 6.93. The average molecular weight is 573 g/mol. The van der Waals surface area contributed by atoms with Crippen LogP contribution in [0.1, 0.15) is 21.2 Å². The zero-order valence-corrected chi connectivity index (χ0v) is 25.8. The molecule has 0 aliphatic heterocycles. The van der Waals surface area contributed by atoms with Crippen LogP contribution in [0.5, 0.6) is 0 Å². The van der Waals surface area contributed by atoms with Crippen molar-refractivity contribution in [2.24, 2.45) is 0 Å². The molecule has 0 saturated carbocycles. The summed E-state index contributed by atoms with van der Waals surface area (Å²) < 4.78 is 19.7. The minimum Gasteiger partial charge on any atom is -0.147 e. The first kappa shape index (κ1) is 26.7. The first-order valence-electron chi connectivity index (χ1n) is 10.4. The Morgan fingerprint density at radius 1 is 0.903 bits per heavy atom. The Balaban J connectivity index is 0.00000171. The van der Waals surface area contributed by atoms with Crippen molar-refractivity contribution < 1.29 is 26.6 Å². The van der Waals surface area contributed by atoms with Crippen molar-refractivity contribution in [2.75, 3.05) is 7.11 Å². The van der Waals surface area contributed by atoms with Gasteiger partial charge in [-0.2, -0.15) is 0 Å². The molecule has 0 heterocycles. The molecule has 7 heteroatoms. The molecule has 2 aliphatic rings. The number of methoxy groups -OCH3 is 1. The number of benzene rings is 2. The van der Waals surface area contributed by atoms with Crippen molar-refractivity contribution >= 4 is 40.0 Å². The maximum atomic E-state index is 6.43. The van der Waals surface area contributed by atoms with Gasteiger partial charge < -0.3 is 0 Å². The van der Waals surface area contributed by atoms with E-state index in [1.165, 1.54) is 25.5 Å². The third-order valence-corrected chi connectivity index (χ3v) is 24.1. The molecule has 168 valence electrons. The molecule has 31 heavy (non-hydrogen) atoms. The quantitative estimate of drug-likeness (QED) is 0.362. The van der Waals surface area contributed by atoms with Crippen molar-refractivity contribution in [3.05, 3.63) is 80.5 Å². The zero-order chi connectivity index (χ0) is 21.1. The summed E-state index contributed by atoms with van der Waals surface area (Å²) in [6, 6.07) is 18.0. The molecule has 0 amide bonds. The van der Waals surface area contributed by atoms with Crippen LogP contribution in [0.25, 0.3) is 11.1 Å². The molecular weight excluding hydrogens is 539 g/mol. The van der Waals surface area contributed by atoms with Crippen molar-refractivity contribution in [3.63, 3.8) is 0 Å². The Kier molecular flexibility index (Phi) is 7.73. The first-order chi connectivity index (χ1) is 13.5. The van der Waals surface area contributed by atoms with Gasteiger partial charge in [-0.25, -0.2) is 0 Å². The largest absolute Gasteiger partial charge is 0.147 e. The molecule has 0 unspecified atom stereocenters. The summed E-state index contributed by atoms with van der Waals surface area (Å²) in [7, 11) is 0.115. The molecule has 2 nitrogen and oxygen atoms in total. The molecule has 0 atom stereocenters. The third kappa shape index (κ3) is 4.59. The Morgan fingerprint density at radius 3 is 1.84 bits per heavy atom. The van der Waals surface area contributed by atoms with Crippen LogP contribution in [0.2, 0.25) is 28.9 Å². The summed E-state index contributed by atoms with van der Waals surface area (Å²) in [6.45, 7) is 9.02. The van der Waals surface area contributed by atoms with Gasteiger partial charge in [0, 0.05) is 0 Å². The fraction of sp³-hybridized carbons (Fsp3) is 0.333. The van der Waals surface area contributed by atoms with Gasteiger partial charge in [-0.3, -0.25) is 0 Å². The van der Waals surface area contributed by atoms with E-state index >= 15 is 0 Å². The van der Waals surface area contributed by atoms with Crippen LogP contribution >= 0.6 is 24.8 Å². The Labute approximate surface area is 202 Å². The van der Waals surface area contributed by atoms with Gasteiger partial charge in [0.15, 0.2) is 0 Å². The maximum absolute atomic E-state index is 6.43. The Morgan fingerprint density at radius 2 is 1.39 bits per heavy atom. The van der Waals surface area contributed by atoms with E-state index < -0.39 is 25.7 Å². The van der Waals surface area contributed by atoms with Crippen molar-refractivity contribution in [1.29, 1.82) is 0 Å². The fourth-order valence-electron chi connectivity index (χ4n) is 5.21. The monoisotopic (exact) mass is 570 g/mol. The van der Waals surface area contributed by atoms with E-state index in [9.17, 15) is 0 Å². The topological polar surface area (TPSA) is 18.5 Å². The normalized spacial score (nSPS) is 16.0. The van der Waals surface area contributed by atoms with Gasteiger partial charge in [0.05, 0.1) is 0 Å². The number of rotatable bonds is 5. The molecular formula is C24H34Cl2O2Si2Zr. The molecule has 0 spiro atoms. The molecule has 0 aromatic heterocycles. The predicted molar refractivity (Wildman–Crippen MR) is 140 cm³/mol. The van der Waals surface area contributed by atoms with Crippen LogP contribution in [0.4, 0.5) is 0 Å². The van der Waals surface area contributed by atoms with E-state index in [1.54, 1.807) is 0 Å². The summed E-state index contributed by atoms with van der Waals surface area (Å²) in [4.78, 5) is 0. The summed E-state index contributed by atoms with van der Waals surface area (Å²) >= 11 is -3.49. The summed E-state index contributed by atoms with van der Waals surface area (Å²) in [5.41, 5.74) is 5.82. The molecule has 2 aromatic carbocycles. The van der Waals surface area contributed by atoms with Gasteiger partial charge in [-0.1, -0.05) is 0 Å². The molecule has 4 rings (SSSR count). The Hall–Kier alpha value is -0.583. The van der Waals surface area contributed by atoms with Crippen LogP contribution in [-0.4, -0.2) is 22.3 Å². The number of allylic oxidation sites excluding steroid dienone is 2. The van der Waals surface area contributed by atoms with E-state index in [1.807, 2.05) is 7.11 Å². The maximum Gasteiger partial charge on any atom is -0.147 e. The molecule has 0 saturated heterocycles. The third-order valence-electron chi connectivity index (χ3n) is 6.36. The molecule has 0 fully saturated rings. The van der Waals surface area contributed by atoms with Crippen LogP contribution in [0.15, 0.2) is 69.4 Å². The van der Waals surface area contributed by atoms with Gasteiger partial charge >= 0.3 is 179 Å². The van der Waals surface area contributed by atoms with E-state index in [0.29, 0.717) is 3.63 Å². The van der Waals surface area contributed by atoms with Gasteiger partial charge in [0.1, 0.15) is 0 Å². The standard InChI is InChI=1S/C13H9.C9H15O2Si.2CH3.2ClH.H2Si.Zr/c1-3-7-12-10(5-1)9-11-6-2-4-8-13(11)12;1-10-8-6-5-7-9(8)11-12(2,3)4;;;;;;/h1-9H;7H,5H2,1-4H3;2*1H3;2*1H;1H2;. The minimum absolute atomic E-state index is 0. The molecule has 0 N–H and O–H groups in total. The second-order valence-corrected chi connectivity index (χ2v) is 44.4. The smallest absolute Gasteiger partial charge is 0.147 e. The van der Waals surface area contributed by atoms with Gasteiger partial charge in [-0.05, 0) is 0 Å². The van der Waals surface area contributed by atoms with Gasteiger partial charge in [0.25, 0.3) is 0 Å². The molecule has 0 radical (unpaired) electrons. The van der Waals surface area contributed by atoms with Gasteiger partial charge in [-0.15, -0.1) is 24.8 Å². The van der Waals surface area contributed by atoms with Crippen LogP contribution < -0.4 is 0 Å². The molecule has 0 bridgehead atoms. The van der Waals surface area contributed by atoms with E-state index in [2.05, 4.69) is 90.4 Å². The van der Waals surface area contributed by atoms with E-state index in [-0.39, 0.29) is 24.8 Å². The SMILES string of the molecule is COC1=[C]([Zr]([CH3])([CH3])(=[SiH2])[CH]2c3ccccc3-c3ccccc32)CC=C1O[Si](C)(C)C.Cl.Cl. The van der Waals surface area contributed by atoms with Crippen LogP contribution in [0.3, 0.4) is 0 Å². The second-order valence-electron chi connectivity index (χ2n) is 10.4. The summed E-state index contributed by atoms with van der Waals surface area (Å²) in [5.74, 6) is 2.01. The van der Waals surface area contributed by atoms with E-state index in [0.717, 1.165) is 17.9 Å². The average Bonchev–Trinajstić information content (AvgIpc) is 3.19. The summed E-state index contributed by atoms with van der Waals surface area (Å²) in [6.07, 6.45) is 3.24. The number of halogens is 2. The van der Waals surface area contributed by atoms with Gasteiger partial charge in [0.2, 0.25) is 0 Å². The zero-order valence-electron chi connectivity index (χ0n) is 19.3. The van der Waals surface area contributed by atoms with Crippen molar-refractivity contribution in [1.82, 2.24) is 0 Å². The summed E-state index contributed by atoms with van der Waals surface area (Å²) in [5, 5.41) is 0. The first-order valence-corrected chi connectivity index (χ1v) is 27.3. The molecule has 2 aliphatic carbocycles. The van der Waals surface area contributed by atoms with Crippen LogP contribution in [0, 0.1) is 0 Å². The number of hydrogen-bond acceptors (Lipinski definition) is 2. The minimum atomic E-state index is -3.49. The number of hydrogen-bond donors (Lipinski definition) is 0. The Bertz CT molecular complexity index is 1080. The van der Waals surface area contributed by atoms with Crippen LogP contribution in [-0.2, 0) is 26.6 Å². The number of fused-ring (bicyclic) bond motifs is 3. The fourth-order valence-corrected chi connectivity index (χ4v) is 21.7. The van der Waals surface area contributed by atoms with E-state index in [4.69, 9.17) is 9.16 Å². The molecule has 2 aromatic rings. The van der Waals surface area contributed by atoms with Crippen molar-refractivity contribution in [2.45, 2.75) is 39.0 Å². The second kappa shape index (κ2) is 8.99.